The van der Waals surface area contributed by atoms with E-state index in [-0.39, 0.29) is 5.95 Å². The molecule has 0 saturated carbocycles. The van der Waals surface area contributed by atoms with Gasteiger partial charge in [-0.1, -0.05) is 0 Å². The van der Waals surface area contributed by atoms with Crippen LogP contribution in [0.2, 0.25) is 0 Å². The highest BCUT2D eigenvalue weighted by molar-refractivity contribution is 7.91. The Kier molecular flexibility index (Phi) is 4.04. The number of nitrogens with zero attached hydrogens (tertiary/aromatic N) is 4. The lowest BCUT2D eigenvalue weighted by molar-refractivity contribution is -0.113. The molecule has 0 saturated heterocycles. The van der Waals surface area contributed by atoms with Gasteiger partial charge in [0.1, 0.15) is 16.7 Å². The Labute approximate surface area is 141 Å². The smallest absolute Gasteiger partial charge is 0.249 e. The Bertz CT molecular complexity index is 1080. The minimum absolute atomic E-state index is 0.0321. The Morgan fingerprint density at radius 1 is 1.38 bits per heavy atom. The van der Waals surface area contributed by atoms with Crippen LogP contribution in [0.5, 0.6) is 0 Å². The van der Waals surface area contributed by atoms with E-state index < -0.39 is 21.5 Å². The molecule has 1 N–H and O–H groups in total. The SMILES string of the molecule is CS(=O)(=O)CC(=O)Nc1nc2ccc(-c3ccc(C#N)s3)cn2n1. The molecule has 0 aliphatic heterocycles. The zero-order valence-corrected chi connectivity index (χ0v) is 14.1. The molecule has 1 amide bonds. The number of sulfone groups is 1. The molecule has 3 heterocycles. The van der Waals surface area contributed by atoms with E-state index in [1.807, 2.05) is 12.1 Å². The van der Waals surface area contributed by atoms with E-state index >= 15 is 0 Å². The third-order valence-corrected chi connectivity index (χ3v) is 4.80. The molecule has 0 aliphatic rings. The summed E-state index contributed by atoms with van der Waals surface area (Å²) in [6, 6.07) is 9.22. The largest absolute Gasteiger partial charge is 0.292 e. The summed E-state index contributed by atoms with van der Waals surface area (Å²) in [5, 5.41) is 15.4. The van der Waals surface area contributed by atoms with Gasteiger partial charge in [-0.15, -0.1) is 16.4 Å². The Hall–Kier alpha value is -2.77. The number of nitriles is 1. The zero-order chi connectivity index (χ0) is 17.3. The van der Waals surface area contributed by atoms with Gasteiger partial charge >= 0.3 is 0 Å². The van der Waals surface area contributed by atoms with Crippen LogP contribution in [0.25, 0.3) is 16.1 Å². The molecule has 3 rings (SSSR count). The van der Waals surface area contributed by atoms with E-state index in [9.17, 15) is 13.2 Å². The lowest BCUT2D eigenvalue weighted by atomic mass is 10.2. The van der Waals surface area contributed by atoms with E-state index in [0.29, 0.717) is 10.5 Å². The average molecular weight is 361 g/mol. The maximum Gasteiger partial charge on any atom is 0.249 e. The number of thiophene rings is 1. The second kappa shape index (κ2) is 6.03. The quantitative estimate of drug-likeness (QED) is 0.749. The minimum Gasteiger partial charge on any atom is -0.292 e. The van der Waals surface area contributed by atoms with E-state index in [2.05, 4.69) is 21.5 Å². The summed E-state index contributed by atoms with van der Waals surface area (Å²) < 4.78 is 23.7. The van der Waals surface area contributed by atoms with Crippen molar-refractivity contribution in [3.8, 4) is 16.5 Å². The monoisotopic (exact) mass is 361 g/mol. The summed E-state index contributed by atoms with van der Waals surface area (Å²) in [4.78, 5) is 17.3. The van der Waals surface area contributed by atoms with Gasteiger partial charge < -0.3 is 0 Å². The number of amides is 1. The highest BCUT2D eigenvalue weighted by atomic mass is 32.2. The standard InChI is InChI=1S/C14H11N5O3S2/c1-24(21,22)8-13(20)17-14-16-12-5-2-9(7-19(12)18-14)11-4-3-10(6-15)23-11/h2-5,7H,8H2,1H3,(H,17,18,20). The van der Waals surface area contributed by atoms with Crippen LogP contribution in [0, 0.1) is 11.3 Å². The van der Waals surface area contributed by atoms with Crippen molar-refractivity contribution < 1.29 is 13.2 Å². The number of carbonyl (C=O) groups is 1. The van der Waals surface area contributed by atoms with Crippen molar-refractivity contribution in [2.24, 2.45) is 0 Å². The first-order chi connectivity index (χ1) is 11.3. The third-order valence-electron chi connectivity index (χ3n) is 2.98. The van der Waals surface area contributed by atoms with Crippen LogP contribution < -0.4 is 5.32 Å². The van der Waals surface area contributed by atoms with Crippen molar-refractivity contribution >= 4 is 38.7 Å². The lowest BCUT2D eigenvalue weighted by Gasteiger charge is -1.98. The fourth-order valence-corrected chi connectivity index (χ4v) is 3.38. The summed E-state index contributed by atoms with van der Waals surface area (Å²) in [5.74, 6) is -1.28. The minimum atomic E-state index is -3.42. The lowest BCUT2D eigenvalue weighted by Crippen LogP contribution is -2.22. The Morgan fingerprint density at radius 2 is 2.17 bits per heavy atom. The van der Waals surface area contributed by atoms with Crippen molar-refractivity contribution in [1.29, 1.82) is 5.26 Å². The van der Waals surface area contributed by atoms with Gasteiger partial charge in [0.15, 0.2) is 15.5 Å². The van der Waals surface area contributed by atoms with Crippen LogP contribution in [-0.2, 0) is 14.6 Å². The fourth-order valence-electron chi connectivity index (χ4n) is 2.03. The second-order valence-corrected chi connectivity index (χ2v) is 8.27. The molecule has 3 aromatic heterocycles. The van der Waals surface area contributed by atoms with E-state index in [1.54, 1.807) is 18.3 Å². The summed E-state index contributed by atoms with van der Waals surface area (Å²) in [5.41, 5.74) is 1.36. The number of aromatic nitrogens is 3. The molecule has 8 nitrogen and oxygen atoms in total. The number of nitrogens with one attached hydrogen (secondary N) is 1. The molecule has 3 aromatic rings. The van der Waals surface area contributed by atoms with Crippen molar-refractivity contribution in [1.82, 2.24) is 14.6 Å². The molecule has 0 bridgehead atoms. The molecule has 0 aromatic carbocycles. The number of hydrogen-bond acceptors (Lipinski definition) is 7. The molecule has 10 heteroatoms. The Morgan fingerprint density at radius 3 is 2.83 bits per heavy atom. The van der Waals surface area contributed by atoms with Crippen LogP contribution in [-0.4, -0.2) is 40.9 Å². The van der Waals surface area contributed by atoms with Crippen molar-refractivity contribution in [2.45, 2.75) is 0 Å². The predicted molar refractivity (Wildman–Crippen MR) is 89.4 cm³/mol. The normalized spacial score (nSPS) is 11.3. The number of carbonyl (C=O) groups excluding carboxylic acids is 1. The van der Waals surface area contributed by atoms with Gasteiger partial charge in [0, 0.05) is 22.9 Å². The van der Waals surface area contributed by atoms with Gasteiger partial charge in [-0.05, 0) is 24.3 Å². The number of fused-ring (bicyclic) bond motifs is 1. The maximum atomic E-state index is 11.6. The van der Waals surface area contributed by atoms with Crippen LogP contribution in [0.4, 0.5) is 5.95 Å². The van der Waals surface area contributed by atoms with Gasteiger partial charge in [0.05, 0.1) is 0 Å². The molecular weight excluding hydrogens is 350 g/mol. The highest BCUT2D eigenvalue weighted by Gasteiger charge is 2.14. The number of hydrogen-bond donors (Lipinski definition) is 1. The van der Waals surface area contributed by atoms with E-state index in [1.165, 1.54) is 15.9 Å². The molecule has 0 unspecified atom stereocenters. The predicted octanol–water partition coefficient (Wildman–Crippen LogP) is 1.31. The van der Waals surface area contributed by atoms with Crippen molar-refractivity contribution in [3.63, 3.8) is 0 Å². The first-order valence-electron chi connectivity index (χ1n) is 6.68. The third kappa shape index (κ3) is 3.58. The van der Waals surface area contributed by atoms with Gasteiger partial charge in [-0.25, -0.2) is 12.9 Å². The highest BCUT2D eigenvalue weighted by Crippen LogP contribution is 2.27. The first-order valence-corrected chi connectivity index (χ1v) is 9.56. The van der Waals surface area contributed by atoms with Crippen LogP contribution in [0.15, 0.2) is 30.5 Å². The summed E-state index contributed by atoms with van der Waals surface area (Å²) >= 11 is 1.36. The fraction of sp³-hybridized carbons (Fsp3) is 0.143. The molecule has 0 fully saturated rings. The number of pyridine rings is 1. The summed E-state index contributed by atoms with van der Waals surface area (Å²) in [6.45, 7) is 0. The molecule has 0 spiro atoms. The maximum absolute atomic E-state index is 11.6. The second-order valence-electron chi connectivity index (χ2n) is 5.05. The van der Waals surface area contributed by atoms with Crippen LogP contribution in [0.3, 0.4) is 0 Å². The van der Waals surface area contributed by atoms with Crippen molar-refractivity contribution in [2.75, 3.05) is 17.3 Å². The van der Waals surface area contributed by atoms with Crippen LogP contribution in [0.1, 0.15) is 4.88 Å². The molecule has 0 atom stereocenters. The summed E-state index contributed by atoms with van der Waals surface area (Å²) in [6.07, 6.45) is 2.70. The van der Waals surface area contributed by atoms with Crippen molar-refractivity contribution in [3.05, 3.63) is 35.3 Å². The van der Waals surface area contributed by atoms with E-state index in [4.69, 9.17) is 5.26 Å². The van der Waals surface area contributed by atoms with Gasteiger partial charge in [-0.3, -0.25) is 10.1 Å². The zero-order valence-electron chi connectivity index (χ0n) is 12.4. The molecule has 24 heavy (non-hydrogen) atoms. The van der Waals surface area contributed by atoms with Crippen LogP contribution >= 0.6 is 11.3 Å². The number of rotatable bonds is 4. The average Bonchev–Trinajstić information content (AvgIpc) is 3.09. The Balaban J connectivity index is 1.86. The van der Waals surface area contributed by atoms with Gasteiger partial charge in [0.2, 0.25) is 11.9 Å². The topological polar surface area (TPSA) is 117 Å². The molecule has 122 valence electrons. The van der Waals surface area contributed by atoms with Gasteiger partial charge in [-0.2, -0.15) is 10.2 Å². The molecule has 0 radical (unpaired) electrons. The molecular formula is C14H11N5O3S2. The van der Waals surface area contributed by atoms with E-state index in [0.717, 1.165) is 16.7 Å². The summed E-state index contributed by atoms with van der Waals surface area (Å²) in [7, 11) is -3.42. The number of anilines is 1. The molecule has 0 aliphatic carbocycles. The van der Waals surface area contributed by atoms with Gasteiger partial charge in [0.25, 0.3) is 0 Å². The first kappa shape index (κ1) is 16.1.